The average Bonchev–Trinajstić information content (AvgIpc) is 2.92. The van der Waals surface area contributed by atoms with Crippen molar-refractivity contribution >= 4 is 0 Å². The molecule has 2 rings (SSSR count). The van der Waals surface area contributed by atoms with E-state index in [2.05, 4.69) is 53.1 Å². The van der Waals surface area contributed by atoms with Crippen LogP contribution in [0.25, 0.3) is 11.5 Å². The summed E-state index contributed by atoms with van der Waals surface area (Å²) in [4.78, 5) is 12.4. The Morgan fingerprint density at radius 3 is 2.76 bits per heavy atom. The van der Waals surface area contributed by atoms with Gasteiger partial charge in [0, 0.05) is 18.7 Å². The van der Waals surface area contributed by atoms with E-state index in [-0.39, 0.29) is 11.5 Å². The van der Waals surface area contributed by atoms with Crippen LogP contribution in [0.3, 0.4) is 0 Å². The molecule has 0 aliphatic carbocycles. The number of hydrogen-bond donors (Lipinski definition) is 1. The highest BCUT2D eigenvalue weighted by atomic mass is 16.5. The van der Waals surface area contributed by atoms with Crippen LogP contribution >= 0.6 is 0 Å². The molecule has 0 spiro atoms. The van der Waals surface area contributed by atoms with Crippen molar-refractivity contribution in [3.8, 4) is 11.5 Å². The van der Waals surface area contributed by atoms with Crippen molar-refractivity contribution in [1.82, 2.24) is 25.4 Å². The van der Waals surface area contributed by atoms with Gasteiger partial charge >= 0.3 is 0 Å². The van der Waals surface area contributed by atoms with Crippen molar-refractivity contribution in [2.75, 3.05) is 6.54 Å². The van der Waals surface area contributed by atoms with E-state index >= 15 is 0 Å². The lowest BCUT2D eigenvalue weighted by Crippen LogP contribution is -2.42. The Morgan fingerprint density at radius 2 is 2.14 bits per heavy atom. The Balaban J connectivity index is 2.10. The van der Waals surface area contributed by atoms with Crippen molar-refractivity contribution in [1.29, 1.82) is 0 Å². The van der Waals surface area contributed by atoms with E-state index in [1.165, 1.54) is 6.33 Å². The maximum absolute atomic E-state index is 5.36. The van der Waals surface area contributed by atoms with Gasteiger partial charge in [0.05, 0.1) is 0 Å². The summed E-state index contributed by atoms with van der Waals surface area (Å²) in [6, 6.07) is 2.06. The second kappa shape index (κ2) is 6.76. The molecule has 1 N–H and O–H groups in total. The average molecular weight is 289 g/mol. The fourth-order valence-electron chi connectivity index (χ4n) is 2.04. The van der Waals surface area contributed by atoms with Crippen LogP contribution in [0.15, 0.2) is 23.1 Å². The monoisotopic (exact) mass is 289 g/mol. The summed E-state index contributed by atoms with van der Waals surface area (Å²) in [5.41, 5.74) is 0.799. The van der Waals surface area contributed by atoms with Gasteiger partial charge in [-0.15, -0.1) is 0 Å². The highest BCUT2D eigenvalue weighted by molar-refractivity contribution is 5.46. The first kappa shape index (κ1) is 15.6. The van der Waals surface area contributed by atoms with Crippen molar-refractivity contribution in [2.45, 2.75) is 46.6 Å². The zero-order valence-corrected chi connectivity index (χ0v) is 13.1. The molecule has 6 heteroatoms. The van der Waals surface area contributed by atoms with Gasteiger partial charge < -0.3 is 9.84 Å². The first-order valence-corrected chi connectivity index (χ1v) is 7.33. The Labute approximate surface area is 125 Å². The van der Waals surface area contributed by atoms with Gasteiger partial charge in [-0.3, -0.25) is 0 Å². The maximum atomic E-state index is 5.36. The molecule has 0 aliphatic rings. The summed E-state index contributed by atoms with van der Waals surface area (Å²) in [5, 5.41) is 7.55. The molecule has 0 aliphatic heterocycles. The first-order chi connectivity index (χ1) is 10.0. The molecule has 0 aromatic carbocycles. The third-order valence-electron chi connectivity index (χ3n) is 3.34. The molecule has 21 heavy (non-hydrogen) atoms. The topological polar surface area (TPSA) is 76.7 Å². The van der Waals surface area contributed by atoms with Gasteiger partial charge in [-0.05, 0) is 24.4 Å². The van der Waals surface area contributed by atoms with E-state index in [9.17, 15) is 0 Å². The normalized spacial score (nSPS) is 13.3. The molecular weight excluding hydrogens is 266 g/mol. The van der Waals surface area contributed by atoms with Crippen LogP contribution in [0.1, 0.15) is 40.0 Å². The molecule has 0 saturated heterocycles. The van der Waals surface area contributed by atoms with E-state index < -0.39 is 0 Å². The number of nitrogens with one attached hydrogen (secondary N) is 1. The smallest absolute Gasteiger partial charge is 0.228 e. The van der Waals surface area contributed by atoms with Crippen LogP contribution in [-0.2, 0) is 6.42 Å². The maximum Gasteiger partial charge on any atom is 0.228 e. The zero-order chi connectivity index (χ0) is 15.3. The Hall–Kier alpha value is -1.82. The second-order valence-corrected chi connectivity index (χ2v) is 6.18. The first-order valence-electron chi connectivity index (χ1n) is 7.33. The van der Waals surface area contributed by atoms with Crippen LogP contribution in [-0.4, -0.2) is 32.7 Å². The fourth-order valence-corrected chi connectivity index (χ4v) is 2.04. The largest absolute Gasteiger partial charge is 0.339 e. The minimum Gasteiger partial charge on any atom is -0.339 e. The summed E-state index contributed by atoms with van der Waals surface area (Å²) >= 11 is 0. The van der Waals surface area contributed by atoms with E-state index in [4.69, 9.17) is 4.52 Å². The van der Waals surface area contributed by atoms with Crippen LogP contribution in [0.2, 0.25) is 0 Å². The van der Waals surface area contributed by atoms with Crippen molar-refractivity contribution in [3.05, 3.63) is 24.5 Å². The van der Waals surface area contributed by atoms with E-state index in [0.717, 1.165) is 13.0 Å². The molecular formula is C15H23N5O. The predicted octanol–water partition coefficient (Wildman–Crippen LogP) is 2.48. The van der Waals surface area contributed by atoms with Crippen LogP contribution in [0.5, 0.6) is 0 Å². The van der Waals surface area contributed by atoms with Crippen molar-refractivity contribution in [2.24, 2.45) is 5.41 Å². The summed E-state index contributed by atoms with van der Waals surface area (Å²) in [5.74, 6) is 1.14. The lowest BCUT2D eigenvalue weighted by molar-refractivity contribution is 0.244. The molecule has 1 unspecified atom stereocenters. The molecule has 0 amide bonds. The Bertz CT molecular complexity index is 547. The fraction of sp³-hybridized carbons (Fsp3) is 0.600. The summed E-state index contributed by atoms with van der Waals surface area (Å²) in [7, 11) is 0. The third-order valence-corrected chi connectivity index (χ3v) is 3.34. The number of hydrogen-bond acceptors (Lipinski definition) is 6. The molecule has 114 valence electrons. The van der Waals surface area contributed by atoms with Crippen molar-refractivity contribution in [3.63, 3.8) is 0 Å². The van der Waals surface area contributed by atoms with Gasteiger partial charge in [-0.1, -0.05) is 32.9 Å². The summed E-state index contributed by atoms with van der Waals surface area (Å²) in [6.45, 7) is 9.77. The Morgan fingerprint density at radius 1 is 1.33 bits per heavy atom. The van der Waals surface area contributed by atoms with E-state index in [1.807, 2.05) is 0 Å². The van der Waals surface area contributed by atoms with Gasteiger partial charge in [-0.25, -0.2) is 9.97 Å². The molecule has 2 heterocycles. The van der Waals surface area contributed by atoms with Gasteiger partial charge in [0.1, 0.15) is 12.0 Å². The molecule has 2 aromatic heterocycles. The van der Waals surface area contributed by atoms with Gasteiger partial charge in [0.15, 0.2) is 0 Å². The van der Waals surface area contributed by atoms with Crippen LogP contribution in [0, 0.1) is 5.41 Å². The second-order valence-electron chi connectivity index (χ2n) is 6.18. The number of rotatable bonds is 6. The molecule has 2 aromatic rings. The highest BCUT2D eigenvalue weighted by Gasteiger charge is 2.26. The highest BCUT2D eigenvalue weighted by Crippen LogP contribution is 2.23. The lowest BCUT2D eigenvalue weighted by Gasteiger charge is -2.30. The molecule has 0 radical (unpaired) electrons. The van der Waals surface area contributed by atoms with E-state index in [1.54, 1.807) is 12.3 Å². The molecule has 0 bridgehead atoms. The molecule has 6 nitrogen and oxygen atoms in total. The molecule has 1 atom stereocenters. The number of nitrogens with zero attached hydrogens (tertiary/aromatic N) is 4. The lowest BCUT2D eigenvalue weighted by atomic mass is 9.84. The Kier molecular flexibility index (Phi) is 5.01. The minimum absolute atomic E-state index is 0.124. The van der Waals surface area contributed by atoms with Gasteiger partial charge in [0.25, 0.3) is 0 Å². The summed E-state index contributed by atoms with van der Waals surface area (Å²) in [6.07, 6.45) is 4.95. The zero-order valence-electron chi connectivity index (χ0n) is 13.1. The predicted molar refractivity (Wildman–Crippen MR) is 80.6 cm³/mol. The SMILES string of the molecule is CCCNC(Cc1nc(-c2ccncn2)no1)C(C)(C)C. The third kappa shape index (κ3) is 4.32. The van der Waals surface area contributed by atoms with Gasteiger partial charge in [0.2, 0.25) is 11.7 Å². The standard InChI is InChI=1S/C15H23N5O/c1-5-7-17-12(15(2,3)4)9-13-19-14(20-21-13)11-6-8-16-10-18-11/h6,8,10,12,17H,5,7,9H2,1-4H3. The molecule has 0 saturated carbocycles. The minimum atomic E-state index is 0.124. The number of aromatic nitrogens is 4. The summed E-state index contributed by atoms with van der Waals surface area (Å²) < 4.78 is 5.36. The van der Waals surface area contributed by atoms with Gasteiger partial charge in [-0.2, -0.15) is 4.98 Å². The van der Waals surface area contributed by atoms with Crippen LogP contribution in [0.4, 0.5) is 0 Å². The van der Waals surface area contributed by atoms with Crippen LogP contribution < -0.4 is 5.32 Å². The van der Waals surface area contributed by atoms with E-state index in [0.29, 0.717) is 23.8 Å². The molecule has 0 fully saturated rings. The quantitative estimate of drug-likeness (QED) is 0.880. The van der Waals surface area contributed by atoms with Crippen molar-refractivity contribution < 1.29 is 4.52 Å².